The first-order valence-corrected chi connectivity index (χ1v) is 7.17. The number of amides is 1. The van der Waals surface area contributed by atoms with Gasteiger partial charge in [-0.05, 0) is 43.3 Å². The van der Waals surface area contributed by atoms with Gasteiger partial charge < -0.3 is 10.1 Å². The number of anilines is 1. The minimum Gasteiger partial charge on any atom is -0.481 e. The lowest BCUT2D eigenvalue weighted by Gasteiger charge is -2.15. The first-order chi connectivity index (χ1) is 10.5. The van der Waals surface area contributed by atoms with Crippen LogP contribution in [0.4, 0.5) is 5.69 Å². The Hall–Kier alpha value is -2.22. The number of nitrogens with one attached hydrogen (secondary N) is 1. The van der Waals surface area contributed by atoms with Crippen LogP contribution < -0.4 is 10.1 Å². The van der Waals surface area contributed by atoms with Gasteiger partial charge in [0.15, 0.2) is 6.10 Å². The van der Waals surface area contributed by atoms with Crippen LogP contribution in [0.2, 0.25) is 10.0 Å². The van der Waals surface area contributed by atoms with Crippen LogP contribution >= 0.6 is 23.2 Å². The molecule has 0 saturated carbocycles. The van der Waals surface area contributed by atoms with Gasteiger partial charge in [0, 0.05) is 15.7 Å². The Morgan fingerprint density at radius 2 is 1.91 bits per heavy atom. The van der Waals surface area contributed by atoms with Crippen molar-refractivity contribution in [1.29, 1.82) is 5.26 Å². The van der Waals surface area contributed by atoms with E-state index in [0.717, 1.165) is 0 Å². The Labute approximate surface area is 138 Å². The van der Waals surface area contributed by atoms with Crippen LogP contribution in [0.25, 0.3) is 0 Å². The van der Waals surface area contributed by atoms with Gasteiger partial charge in [-0.15, -0.1) is 0 Å². The lowest BCUT2D eigenvalue weighted by molar-refractivity contribution is -0.122. The predicted octanol–water partition coefficient (Wildman–Crippen LogP) is 4.27. The lowest BCUT2D eigenvalue weighted by Crippen LogP contribution is -2.30. The van der Waals surface area contributed by atoms with Crippen molar-refractivity contribution in [3.63, 3.8) is 0 Å². The molecule has 0 aliphatic carbocycles. The van der Waals surface area contributed by atoms with Crippen LogP contribution in [0.3, 0.4) is 0 Å². The van der Waals surface area contributed by atoms with Crippen molar-refractivity contribution >= 4 is 34.8 Å². The number of carbonyl (C=O) groups is 1. The highest BCUT2D eigenvalue weighted by Gasteiger charge is 2.15. The number of nitrogens with zero attached hydrogens (tertiary/aromatic N) is 1. The molecule has 1 atom stereocenters. The second-order valence-electron chi connectivity index (χ2n) is 4.55. The summed E-state index contributed by atoms with van der Waals surface area (Å²) in [6.07, 6.45) is -0.750. The fourth-order valence-electron chi connectivity index (χ4n) is 1.76. The minimum atomic E-state index is -0.750. The van der Waals surface area contributed by atoms with Crippen LogP contribution in [0.15, 0.2) is 42.5 Å². The molecule has 1 unspecified atom stereocenters. The Bertz CT molecular complexity index is 721. The molecule has 6 heteroatoms. The molecule has 2 aromatic carbocycles. The average Bonchev–Trinajstić information content (AvgIpc) is 2.46. The summed E-state index contributed by atoms with van der Waals surface area (Å²) in [5.74, 6) is 0.0668. The number of nitriles is 1. The molecular formula is C16H12Cl2N2O2. The van der Waals surface area contributed by atoms with Crippen molar-refractivity contribution in [3.05, 3.63) is 58.1 Å². The largest absolute Gasteiger partial charge is 0.481 e. The number of ether oxygens (including phenoxy) is 1. The first kappa shape index (κ1) is 16.2. The molecule has 0 heterocycles. The van der Waals surface area contributed by atoms with E-state index in [0.29, 0.717) is 27.0 Å². The van der Waals surface area contributed by atoms with Gasteiger partial charge in [0.2, 0.25) is 0 Å². The molecule has 0 aliphatic rings. The van der Waals surface area contributed by atoms with Gasteiger partial charge in [0.25, 0.3) is 5.91 Å². The third-order valence-electron chi connectivity index (χ3n) is 2.78. The SMILES string of the molecule is CC(Oc1cc(Cl)cc(Cl)c1)C(=O)Nc1cccc(C#N)c1. The first-order valence-electron chi connectivity index (χ1n) is 6.41. The van der Waals surface area contributed by atoms with Gasteiger partial charge in [-0.25, -0.2) is 0 Å². The zero-order valence-electron chi connectivity index (χ0n) is 11.6. The van der Waals surface area contributed by atoms with Crippen LogP contribution in [0.5, 0.6) is 5.75 Å². The summed E-state index contributed by atoms with van der Waals surface area (Å²) in [7, 11) is 0. The maximum Gasteiger partial charge on any atom is 0.265 e. The Balaban J connectivity index is 2.04. The molecule has 0 saturated heterocycles. The van der Waals surface area contributed by atoms with E-state index >= 15 is 0 Å². The number of carbonyl (C=O) groups excluding carboxylic acids is 1. The Kier molecular flexibility index (Phi) is 5.26. The quantitative estimate of drug-likeness (QED) is 0.907. The molecule has 0 aromatic heterocycles. The molecule has 4 nitrogen and oxygen atoms in total. The van der Waals surface area contributed by atoms with Crippen LogP contribution in [0.1, 0.15) is 12.5 Å². The highest BCUT2D eigenvalue weighted by Crippen LogP contribution is 2.25. The number of hydrogen-bond donors (Lipinski definition) is 1. The monoisotopic (exact) mass is 334 g/mol. The summed E-state index contributed by atoms with van der Waals surface area (Å²) in [5, 5.41) is 12.4. The van der Waals surface area contributed by atoms with Crippen molar-refractivity contribution in [2.75, 3.05) is 5.32 Å². The zero-order chi connectivity index (χ0) is 16.1. The maximum atomic E-state index is 12.1. The molecule has 0 fully saturated rings. The van der Waals surface area contributed by atoms with Crippen molar-refractivity contribution < 1.29 is 9.53 Å². The predicted molar refractivity (Wildman–Crippen MR) is 86.3 cm³/mol. The van der Waals surface area contributed by atoms with Crippen LogP contribution in [-0.2, 0) is 4.79 Å². The van der Waals surface area contributed by atoms with Gasteiger partial charge in [-0.1, -0.05) is 29.3 Å². The fourth-order valence-corrected chi connectivity index (χ4v) is 2.27. The van der Waals surface area contributed by atoms with Gasteiger partial charge >= 0.3 is 0 Å². The van der Waals surface area contributed by atoms with Crippen molar-refractivity contribution in [3.8, 4) is 11.8 Å². The molecule has 0 bridgehead atoms. The Morgan fingerprint density at radius 3 is 2.55 bits per heavy atom. The molecule has 0 radical (unpaired) electrons. The normalized spacial score (nSPS) is 11.4. The summed E-state index contributed by atoms with van der Waals surface area (Å²) >= 11 is 11.8. The zero-order valence-corrected chi connectivity index (χ0v) is 13.2. The summed E-state index contributed by atoms with van der Waals surface area (Å²) in [4.78, 5) is 12.1. The van der Waals surface area contributed by atoms with Crippen molar-refractivity contribution in [2.24, 2.45) is 0 Å². The third kappa shape index (κ3) is 4.39. The van der Waals surface area contributed by atoms with Gasteiger partial charge in [0.05, 0.1) is 11.6 Å². The van der Waals surface area contributed by atoms with Crippen molar-refractivity contribution in [2.45, 2.75) is 13.0 Å². The summed E-state index contributed by atoms with van der Waals surface area (Å²) in [6.45, 7) is 1.61. The van der Waals surface area contributed by atoms with E-state index in [1.165, 1.54) is 0 Å². The molecule has 0 aliphatic heterocycles. The van der Waals surface area contributed by atoms with E-state index in [4.69, 9.17) is 33.2 Å². The maximum absolute atomic E-state index is 12.1. The summed E-state index contributed by atoms with van der Waals surface area (Å²) in [5.41, 5.74) is 0.997. The molecule has 2 rings (SSSR count). The van der Waals surface area contributed by atoms with Gasteiger partial charge in [-0.2, -0.15) is 5.26 Å². The average molecular weight is 335 g/mol. The summed E-state index contributed by atoms with van der Waals surface area (Å²) < 4.78 is 5.52. The van der Waals surface area contributed by atoms with Gasteiger partial charge in [0.1, 0.15) is 5.75 Å². The number of benzene rings is 2. The molecule has 1 N–H and O–H groups in total. The van der Waals surface area contributed by atoms with E-state index in [9.17, 15) is 4.79 Å². The standard InChI is InChI=1S/C16H12Cl2N2O2/c1-10(22-15-7-12(17)6-13(18)8-15)16(21)20-14-4-2-3-11(5-14)9-19/h2-8,10H,1H3,(H,20,21). The van der Waals surface area contributed by atoms with Crippen LogP contribution in [-0.4, -0.2) is 12.0 Å². The van der Waals surface area contributed by atoms with E-state index in [1.807, 2.05) is 6.07 Å². The second-order valence-corrected chi connectivity index (χ2v) is 5.42. The number of halogens is 2. The van der Waals surface area contributed by atoms with E-state index in [2.05, 4.69) is 5.32 Å². The van der Waals surface area contributed by atoms with Crippen molar-refractivity contribution in [1.82, 2.24) is 0 Å². The Morgan fingerprint density at radius 1 is 1.23 bits per heavy atom. The molecule has 1 amide bonds. The molecule has 0 spiro atoms. The molecule has 2 aromatic rings. The summed E-state index contributed by atoms with van der Waals surface area (Å²) in [6, 6.07) is 13.4. The second kappa shape index (κ2) is 7.17. The lowest BCUT2D eigenvalue weighted by atomic mass is 10.2. The van der Waals surface area contributed by atoms with E-state index < -0.39 is 6.10 Å². The van der Waals surface area contributed by atoms with Crippen LogP contribution in [0, 0.1) is 11.3 Å². The van der Waals surface area contributed by atoms with Gasteiger partial charge in [-0.3, -0.25) is 4.79 Å². The highest BCUT2D eigenvalue weighted by atomic mass is 35.5. The minimum absolute atomic E-state index is 0.341. The molecular weight excluding hydrogens is 323 g/mol. The van der Waals surface area contributed by atoms with E-state index in [1.54, 1.807) is 49.4 Å². The third-order valence-corrected chi connectivity index (χ3v) is 3.21. The molecule has 112 valence electrons. The number of rotatable bonds is 4. The van der Waals surface area contributed by atoms with E-state index in [-0.39, 0.29) is 5.91 Å². The highest BCUT2D eigenvalue weighted by molar-refractivity contribution is 6.34. The smallest absolute Gasteiger partial charge is 0.265 e. The topological polar surface area (TPSA) is 62.1 Å². The fraction of sp³-hybridized carbons (Fsp3) is 0.125. The number of hydrogen-bond acceptors (Lipinski definition) is 3. The molecule has 22 heavy (non-hydrogen) atoms.